The standard InChI is InChI=1S/C10H7N5O2S/c16-8(17)5-18-10-14-13-9-12-11-6-3-1-2-4-7(6)15(9)10/h1-4H,5H2,(H,16,17)/p-1. The maximum Gasteiger partial charge on any atom is 0.275 e. The van der Waals surface area contributed by atoms with E-state index in [0.29, 0.717) is 16.5 Å². The highest BCUT2D eigenvalue weighted by Gasteiger charge is 2.10. The number of hydrogen-bond donors (Lipinski definition) is 0. The summed E-state index contributed by atoms with van der Waals surface area (Å²) in [7, 11) is 0. The molecule has 18 heavy (non-hydrogen) atoms. The second kappa shape index (κ2) is 4.22. The molecule has 0 aliphatic rings. The summed E-state index contributed by atoms with van der Waals surface area (Å²) >= 11 is 1.04. The van der Waals surface area contributed by atoms with Gasteiger partial charge in [-0.2, -0.15) is 0 Å². The van der Waals surface area contributed by atoms with Gasteiger partial charge in [-0.05, 0) is 12.1 Å². The molecule has 0 saturated heterocycles. The first-order valence-corrected chi connectivity index (χ1v) is 6.03. The molecule has 2 heterocycles. The zero-order valence-corrected chi connectivity index (χ0v) is 9.79. The Labute approximate surface area is 105 Å². The van der Waals surface area contributed by atoms with Crippen LogP contribution in [0.25, 0.3) is 16.8 Å². The first-order valence-electron chi connectivity index (χ1n) is 5.05. The second-order valence-electron chi connectivity index (χ2n) is 3.47. The summed E-state index contributed by atoms with van der Waals surface area (Å²) in [5, 5.41) is 26.6. The van der Waals surface area contributed by atoms with Crippen molar-refractivity contribution in [3.63, 3.8) is 0 Å². The number of benzene rings is 1. The van der Waals surface area contributed by atoms with Crippen LogP contribution in [-0.2, 0) is 4.79 Å². The van der Waals surface area contributed by atoms with Crippen molar-refractivity contribution in [1.29, 1.82) is 0 Å². The fraction of sp³-hybridized carbons (Fsp3) is 0.100. The van der Waals surface area contributed by atoms with Crippen LogP contribution in [0.3, 0.4) is 0 Å². The molecule has 0 aliphatic carbocycles. The van der Waals surface area contributed by atoms with Gasteiger partial charge in [-0.15, -0.1) is 20.4 Å². The molecular formula is C10H6N5O2S-. The van der Waals surface area contributed by atoms with Crippen LogP contribution in [0, 0.1) is 0 Å². The Kier molecular flexibility index (Phi) is 2.56. The number of carboxylic acid groups (broad SMARTS) is 1. The molecule has 0 bridgehead atoms. The van der Waals surface area contributed by atoms with Crippen LogP contribution in [0.5, 0.6) is 0 Å². The minimum atomic E-state index is -1.15. The number of aromatic nitrogens is 5. The van der Waals surface area contributed by atoms with Gasteiger partial charge in [0.15, 0.2) is 5.16 Å². The summed E-state index contributed by atoms with van der Waals surface area (Å²) in [6.45, 7) is 0. The van der Waals surface area contributed by atoms with Crippen LogP contribution in [0.4, 0.5) is 0 Å². The lowest BCUT2D eigenvalue weighted by Gasteiger charge is -2.03. The van der Waals surface area contributed by atoms with E-state index in [9.17, 15) is 9.90 Å². The monoisotopic (exact) mass is 260 g/mol. The third-order valence-corrected chi connectivity index (χ3v) is 3.21. The summed E-state index contributed by atoms with van der Waals surface area (Å²) in [6.07, 6.45) is 0. The van der Waals surface area contributed by atoms with Gasteiger partial charge in [0, 0.05) is 5.75 Å². The molecule has 0 aliphatic heterocycles. The molecule has 3 aromatic rings. The van der Waals surface area contributed by atoms with Gasteiger partial charge in [0.05, 0.1) is 11.5 Å². The SMILES string of the molecule is O=C([O-])CSc1nnc2nnc3ccccc3n12. The zero-order valence-electron chi connectivity index (χ0n) is 8.98. The van der Waals surface area contributed by atoms with Gasteiger partial charge in [0.25, 0.3) is 5.78 Å². The molecule has 8 heteroatoms. The Morgan fingerprint density at radius 3 is 2.83 bits per heavy atom. The van der Waals surface area contributed by atoms with Crippen molar-refractivity contribution >= 4 is 34.5 Å². The van der Waals surface area contributed by atoms with Crippen LogP contribution < -0.4 is 5.11 Å². The number of thioether (sulfide) groups is 1. The molecular weight excluding hydrogens is 254 g/mol. The van der Waals surface area contributed by atoms with Gasteiger partial charge in [-0.1, -0.05) is 23.9 Å². The predicted octanol–water partition coefficient (Wildman–Crippen LogP) is -0.486. The maximum atomic E-state index is 10.5. The fourth-order valence-corrected chi connectivity index (χ4v) is 2.25. The van der Waals surface area contributed by atoms with E-state index in [1.165, 1.54) is 0 Å². The summed E-state index contributed by atoms with van der Waals surface area (Å²) < 4.78 is 1.68. The summed E-state index contributed by atoms with van der Waals surface area (Å²) in [5.41, 5.74) is 1.48. The van der Waals surface area contributed by atoms with Crippen molar-refractivity contribution in [3.8, 4) is 0 Å². The van der Waals surface area contributed by atoms with Crippen LogP contribution in [0.1, 0.15) is 0 Å². The maximum absolute atomic E-state index is 10.5. The second-order valence-corrected chi connectivity index (χ2v) is 4.41. The molecule has 2 aromatic heterocycles. The Balaban J connectivity index is 2.20. The zero-order chi connectivity index (χ0) is 12.5. The molecule has 0 fully saturated rings. The van der Waals surface area contributed by atoms with Crippen molar-refractivity contribution in [2.45, 2.75) is 5.16 Å². The molecule has 0 spiro atoms. The van der Waals surface area contributed by atoms with E-state index in [1.807, 2.05) is 24.3 Å². The Morgan fingerprint density at radius 2 is 2.00 bits per heavy atom. The van der Waals surface area contributed by atoms with Crippen molar-refractivity contribution in [1.82, 2.24) is 24.8 Å². The topological polar surface area (TPSA) is 96.1 Å². The van der Waals surface area contributed by atoms with Gasteiger partial charge >= 0.3 is 0 Å². The van der Waals surface area contributed by atoms with E-state index in [1.54, 1.807) is 4.40 Å². The third kappa shape index (κ3) is 1.76. The summed E-state index contributed by atoms with van der Waals surface area (Å²) in [5.74, 6) is -0.991. The van der Waals surface area contributed by atoms with E-state index in [2.05, 4.69) is 20.4 Å². The third-order valence-electron chi connectivity index (χ3n) is 2.31. The number of nitrogens with zero attached hydrogens (tertiary/aromatic N) is 5. The smallest absolute Gasteiger partial charge is 0.275 e. The molecule has 0 unspecified atom stereocenters. The molecule has 0 amide bonds. The van der Waals surface area contributed by atoms with Crippen LogP contribution in [0.2, 0.25) is 0 Å². The first kappa shape index (κ1) is 10.9. The molecule has 7 nitrogen and oxygen atoms in total. The van der Waals surface area contributed by atoms with E-state index in [-0.39, 0.29) is 5.75 Å². The Morgan fingerprint density at radius 1 is 1.22 bits per heavy atom. The van der Waals surface area contributed by atoms with Crippen molar-refractivity contribution in [3.05, 3.63) is 24.3 Å². The first-order chi connectivity index (χ1) is 8.75. The number of para-hydroxylation sites is 1. The van der Waals surface area contributed by atoms with Gasteiger partial charge in [0.1, 0.15) is 5.52 Å². The van der Waals surface area contributed by atoms with E-state index >= 15 is 0 Å². The van der Waals surface area contributed by atoms with Gasteiger partial charge in [-0.3, -0.25) is 4.40 Å². The van der Waals surface area contributed by atoms with E-state index in [0.717, 1.165) is 17.3 Å². The average Bonchev–Trinajstić information content (AvgIpc) is 2.80. The largest absolute Gasteiger partial charge is 0.549 e. The molecule has 0 radical (unpaired) electrons. The quantitative estimate of drug-likeness (QED) is 0.586. The fourth-order valence-electron chi connectivity index (χ4n) is 1.59. The normalized spacial score (nSPS) is 11.1. The molecule has 0 saturated carbocycles. The van der Waals surface area contributed by atoms with Crippen molar-refractivity contribution in [2.24, 2.45) is 0 Å². The highest BCUT2D eigenvalue weighted by atomic mass is 32.2. The lowest BCUT2D eigenvalue weighted by atomic mass is 10.3. The molecule has 0 N–H and O–H groups in total. The number of aliphatic carboxylic acids is 1. The molecule has 3 rings (SSSR count). The number of rotatable bonds is 3. The highest BCUT2D eigenvalue weighted by molar-refractivity contribution is 7.99. The summed E-state index contributed by atoms with van der Waals surface area (Å²) in [6, 6.07) is 7.37. The lowest BCUT2D eigenvalue weighted by molar-refractivity contribution is -0.301. The predicted molar refractivity (Wildman–Crippen MR) is 61.8 cm³/mol. The highest BCUT2D eigenvalue weighted by Crippen LogP contribution is 2.20. The lowest BCUT2D eigenvalue weighted by Crippen LogP contribution is -2.24. The van der Waals surface area contributed by atoms with E-state index in [4.69, 9.17) is 0 Å². The average molecular weight is 260 g/mol. The summed E-state index contributed by atoms with van der Waals surface area (Å²) in [4.78, 5) is 10.5. The number of carboxylic acids is 1. The number of carbonyl (C=O) groups is 1. The van der Waals surface area contributed by atoms with Crippen molar-refractivity contribution in [2.75, 3.05) is 5.75 Å². The van der Waals surface area contributed by atoms with Crippen molar-refractivity contribution < 1.29 is 9.90 Å². The number of carbonyl (C=O) groups excluding carboxylic acids is 1. The molecule has 1 aromatic carbocycles. The van der Waals surface area contributed by atoms with Crippen LogP contribution in [-0.4, -0.2) is 36.5 Å². The van der Waals surface area contributed by atoms with Gasteiger partial charge < -0.3 is 9.90 Å². The Bertz CT molecular complexity index is 741. The minimum absolute atomic E-state index is 0.183. The number of hydrogen-bond acceptors (Lipinski definition) is 7. The molecule has 90 valence electrons. The van der Waals surface area contributed by atoms with Crippen LogP contribution >= 0.6 is 11.8 Å². The number of fused-ring (bicyclic) bond motifs is 3. The molecule has 0 atom stereocenters. The van der Waals surface area contributed by atoms with Gasteiger partial charge in [0.2, 0.25) is 0 Å². The van der Waals surface area contributed by atoms with Gasteiger partial charge in [-0.25, -0.2) is 0 Å². The Hall–Kier alpha value is -2.22. The van der Waals surface area contributed by atoms with E-state index < -0.39 is 5.97 Å². The minimum Gasteiger partial charge on any atom is -0.549 e. The van der Waals surface area contributed by atoms with Crippen LogP contribution in [0.15, 0.2) is 29.4 Å².